The number of hydrogen-bond donors (Lipinski definition) is 3. The molecule has 2 amide bonds. The van der Waals surface area contributed by atoms with Crippen LogP contribution in [-0.2, 0) is 10.3 Å². The number of amides is 2. The number of carbonyl (C=O) groups is 2. The average Bonchev–Trinajstić information content (AvgIpc) is 3.10. The van der Waals surface area contributed by atoms with Crippen LogP contribution in [0.15, 0.2) is 42.7 Å². The number of aromatic nitrogens is 2. The van der Waals surface area contributed by atoms with Crippen LogP contribution in [0.2, 0.25) is 0 Å². The Kier molecular flexibility index (Phi) is 4.12. The first-order chi connectivity index (χ1) is 11.1. The minimum absolute atomic E-state index is 0.135. The lowest BCUT2D eigenvalue weighted by Gasteiger charge is -2.36. The molecule has 120 valence electrons. The van der Waals surface area contributed by atoms with Crippen molar-refractivity contribution in [3.05, 3.63) is 48.3 Å². The molecule has 7 heteroatoms. The molecule has 0 aliphatic carbocycles. The average molecular weight is 313 g/mol. The van der Waals surface area contributed by atoms with Gasteiger partial charge in [-0.15, -0.1) is 0 Å². The highest BCUT2D eigenvalue weighted by atomic mass is 16.2. The molecule has 7 nitrogen and oxygen atoms in total. The highest BCUT2D eigenvalue weighted by Gasteiger charge is 2.42. The van der Waals surface area contributed by atoms with Crippen LogP contribution in [0.5, 0.6) is 0 Å². The molecule has 0 unspecified atom stereocenters. The summed E-state index contributed by atoms with van der Waals surface area (Å²) in [6.07, 6.45) is 4.78. The van der Waals surface area contributed by atoms with Gasteiger partial charge in [0.1, 0.15) is 5.54 Å². The fourth-order valence-electron chi connectivity index (χ4n) is 2.92. The minimum Gasteiger partial charge on any atom is -0.366 e. The van der Waals surface area contributed by atoms with Crippen molar-refractivity contribution in [2.75, 3.05) is 18.4 Å². The summed E-state index contributed by atoms with van der Waals surface area (Å²) in [5.41, 5.74) is 5.48. The number of anilines is 1. The first kappa shape index (κ1) is 15.2. The van der Waals surface area contributed by atoms with Crippen molar-refractivity contribution in [3.8, 4) is 0 Å². The topological polar surface area (TPSA) is 102 Å². The maximum Gasteiger partial charge on any atom is 0.252 e. The van der Waals surface area contributed by atoms with Gasteiger partial charge >= 0.3 is 0 Å². The molecule has 1 aliphatic rings. The molecule has 0 atom stereocenters. The molecular weight excluding hydrogens is 294 g/mol. The summed E-state index contributed by atoms with van der Waals surface area (Å²) in [6, 6.07) is 8.44. The van der Waals surface area contributed by atoms with E-state index in [1.54, 1.807) is 35.1 Å². The zero-order chi connectivity index (χ0) is 16.3. The van der Waals surface area contributed by atoms with Crippen molar-refractivity contribution in [1.29, 1.82) is 0 Å². The van der Waals surface area contributed by atoms with E-state index < -0.39 is 11.4 Å². The molecule has 1 aromatic heterocycles. The lowest BCUT2D eigenvalue weighted by Crippen LogP contribution is -2.52. The van der Waals surface area contributed by atoms with E-state index in [4.69, 9.17) is 5.73 Å². The van der Waals surface area contributed by atoms with E-state index in [0.29, 0.717) is 24.1 Å². The molecule has 2 aromatic rings. The number of rotatable bonds is 4. The Bertz CT molecular complexity index is 705. The van der Waals surface area contributed by atoms with Gasteiger partial charge in [0.15, 0.2) is 0 Å². The Morgan fingerprint density at radius 3 is 2.70 bits per heavy atom. The molecule has 3 rings (SSSR count). The number of benzene rings is 1. The summed E-state index contributed by atoms with van der Waals surface area (Å²) in [5.74, 6) is -0.658. The van der Waals surface area contributed by atoms with E-state index in [-0.39, 0.29) is 5.91 Å². The number of hydrogen-bond acceptors (Lipinski definition) is 4. The fraction of sp³-hybridized carbons (Fsp3) is 0.312. The second-order valence-electron chi connectivity index (χ2n) is 5.63. The van der Waals surface area contributed by atoms with Crippen LogP contribution < -0.4 is 16.4 Å². The number of piperidine rings is 1. The van der Waals surface area contributed by atoms with E-state index >= 15 is 0 Å². The molecule has 1 aliphatic heterocycles. The third-order valence-corrected chi connectivity index (χ3v) is 4.20. The number of carbonyl (C=O) groups excluding carboxylic acids is 2. The number of nitrogens with one attached hydrogen (secondary N) is 2. The largest absolute Gasteiger partial charge is 0.366 e. The van der Waals surface area contributed by atoms with Gasteiger partial charge in [0.05, 0.1) is 0 Å². The summed E-state index contributed by atoms with van der Waals surface area (Å²) in [6.45, 7) is 1.49. The quantitative estimate of drug-likeness (QED) is 0.773. The Hall–Kier alpha value is -2.67. The first-order valence-electron chi connectivity index (χ1n) is 7.54. The molecule has 0 radical (unpaired) electrons. The smallest absolute Gasteiger partial charge is 0.252 e. The first-order valence-corrected chi connectivity index (χ1v) is 7.54. The van der Waals surface area contributed by atoms with Crippen molar-refractivity contribution in [2.45, 2.75) is 18.4 Å². The van der Waals surface area contributed by atoms with E-state index in [2.05, 4.69) is 15.7 Å². The molecule has 2 heterocycles. The summed E-state index contributed by atoms with van der Waals surface area (Å²) in [7, 11) is 0. The Morgan fingerprint density at radius 2 is 2.04 bits per heavy atom. The van der Waals surface area contributed by atoms with Gasteiger partial charge in [0, 0.05) is 23.6 Å². The lowest BCUT2D eigenvalue weighted by molar-refractivity contribution is -0.126. The zero-order valence-corrected chi connectivity index (χ0v) is 12.7. The van der Waals surface area contributed by atoms with Crippen molar-refractivity contribution in [3.63, 3.8) is 0 Å². The van der Waals surface area contributed by atoms with Crippen LogP contribution in [0.4, 0.5) is 5.69 Å². The number of primary amides is 1. The summed E-state index contributed by atoms with van der Waals surface area (Å²) in [5, 5.41) is 10.4. The molecule has 4 N–H and O–H groups in total. The monoisotopic (exact) mass is 313 g/mol. The predicted octanol–water partition coefficient (Wildman–Crippen LogP) is 0.699. The van der Waals surface area contributed by atoms with E-state index in [1.807, 2.05) is 12.3 Å². The third-order valence-electron chi connectivity index (χ3n) is 4.20. The highest BCUT2D eigenvalue weighted by Crippen LogP contribution is 2.28. The Labute approximate surface area is 133 Å². The van der Waals surface area contributed by atoms with Crippen molar-refractivity contribution in [1.82, 2.24) is 15.1 Å². The van der Waals surface area contributed by atoms with Gasteiger partial charge in [-0.05, 0) is 50.2 Å². The second-order valence-corrected chi connectivity index (χ2v) is 5.63. The Balaban J connectivity index is 1.87. The SMILES string of the molecule is NC(=O)c1cccc(NC(=O)C2(n3cccn3)CCNCC2)c1. The van der Waals surface area contributed by atoms with Gasteiger partial charge in [-0.2, -0.15) is 5.10 Å². The Morgan fingerprint density at radius 1 is 1.26 bits per heavy atom. The normalized spacial score (nSPS) is 16.7. The summed E-state index contributed by atoms with van der Waals surface area (Å²) >= 11 is 0. The zero-order valence-electron chi connectivity index (χ0n) is 12.7. The fourth-order valence-corrected chi connectivity index (χ4v) is 2.92. The maximum atomic E-state index is 13.0. The molecule has 0 spiro atoms. The van der Waals surface area contributed by atoms with Gasteiger partial charge in [-0.25, -0.2) is 0 Å². The van der Waals surface area contributed by atoms with Gasteiger partial charge in [-0.3, -0.25) is 14.3 Å². The van der Waals surface area contributed by atoms with Crippen LogP contribution in [0.25, 0.3) is 0 Å². The number of nitrogens with zero attached hydrogens (tertiary/aromatic N) is 2. The van der Waals surface area contributed by atoms with Gasteiger partial charge in [0.2, 0.25) is 5.91 Å². The highest BCUT2D eigenvalue weighted by molar-refractivity contribution is 5.99. The van der Waals surface area contributed by atoms with E-state index in [1.165, 1.54) is 0 Å². The summed E-state index contributed by atoms with van der Waals surface area (Å²) < 4.78 is 1.72. The standard InChI is InChI=1S/C16H19N5O2/c17-14(22)12-3-1-4-13(11-12)20-15(23)16(5-8-18-9-6-16)21-10-2-7-19-21/h1-4,7,10-11,18H,5-6,8-9H2,(H2,17,22)(H,20,23). The molecule has 1 saturated heterocycles. The molecule has 0 bridgehead atoms. The van der Waals surface area contributed by atoms with Crippen LogP contribution in [0.1, 0.15) is 23.2 Å². The van der Waals surface area contributed by atoms with Gasteiger partial charge < -0.3 is 16.4 Å². The molecule has 1 aromatic carbocycles. The maximum absolute atomic E-state index is 13.0. The predicted molar refractivity (Wildman–Crippen MR) is 85.9 cm³/mol. The lowest BCUT2D eigenvalue weighted by atomic mass is 9.87. The van der Waals surface area contributed by atoms with Gasteiger partial charge in [0.25, 0.3) is 5.91 Å². The van der Waals surface area contributed by atoms with Gasteiger partial charge in [-0.1, -0.05) is 6.07 Å². The van der Waals surface area contributed by atoms with Crippen molar-refractivity contribution < 1.29 is 9.59 Å². The number of nitrogens with two attached hydrogens (primary N) is 1. The minimum atomic E-state index is -0.725. The van der Waals surface area contributed by atoms with E-state index in [0.717, 1.165) is 13.1 Å². The van der Waals surface area contributed by atoms with Crippen LogP contribution in [-0.4, -0.2) is 34.7 Å². The van der Waals surface area contributed by atoms with Crippen molar-refractivity contribution in [2.24, 2.45) is 5.73 Å². The van der Waals surface area contributed by atoms with Crippen LogP contribution >= 0.6 is 0 Å². The second kappa shape index (κ2) is 6.21. The molecule has 23 heavy (non-hydrogen) atoms. The third kappa shape index (κ3) is 2.95. The van der Waals surface area contributed by atoms with Crippen LogP contribution in [0, 0.1) is 0 Å². The van der Waals surface area contributed by atoms with Crippen LogP contribution in [0.3, 0.4) is 0 Å². The molecule has 0 saturated carbocycles. The summed E-state index contributed by atoms with van der Waals surface area (Å²) in [4.78, 5) is 24.2. The molecular formula is C16H19N5O2. The molecule has 1 fully saturated rings. The van der Waals surface area contributed by atoms with Crippen molar-refractivity contribution >= 4 is 17.5 Å². The van der Waals surface area contributed by atoms with E-state index in [9.17, 15) is 9.59 Å².